The molecule has 0 bridgehead atoms. The van der Waals surface area contributed by atoms with Crippen LogP contribution in [0.1, 0.15) is 18.5 Å². The van der Waals surface area contributed by atoms with Crippen molar-refractivity contribution in [3.63, 3.8) is 0 Å². The maximum atomic E-state index is 5.41. The molecule has 3 rings (SSSR count). The van der Waals surface area contributed by atoms with Crippen molar-refractivity contribution in [2.45, 2.75) is 13.0 Å². The number of benzene rings is 1. The first kappa shape index (κ1) is 13.3. The number of ether oxygens (including phenoxy) is 1. The summed E-state index contributed by atoms with van der Waals surface area (Å²) < 4.78 is 7.25. The van der Waals surface area contributed by atoms with Crippen molar-refractivity contribution in [2.75, 3.05) is 26.3 Å². The average Bonchev–Trinajstić information content (AvgIpc) is 2.94. The molecule has 1 fully saturated rings. The highest BCUT2D eigenvalue weighted by atomic mass is 16.5. The van der Waals surface area contributed by atoms with E-state index in [-0.39, 0.29) is 0 Å². The van der Waals surface area contributed by atoms with Crippen LogP contribution in [0, 0.1) is 0 Å². The van der Waals surface area contributed by atoms with Gasteiger partial charge in [-0.25, -0.2) is 0 Å². The first-order valence-corrected chi connectivity index (χ1v) is 7.15. The van der Waals surface area contributed by atoms with Crippen molar-refractivity contribution < 1.29 is 4.74 Å². The maximum absolute atomic E-state index is 5.41. The number of aromatic nitrogens is 2. The predicted molar refractivity (Wildman–Crippen MR) is 79.5 cm³/mol. The molecule has 0 radical (unpaired) electrons. The molecule has 4 heteroatoms. The lowest BCUT2D eigenvalue weighted by atomic mass is 10.0. The SMILES string of the molecule is C[C@H](c1ccc(-c2cnn(C)c2)cc1)N1CCOCC1. The summed E-state index contributed by atoms with van der Waals surface area (Å²) in [5, 5.41) is 4.22. The first-order valence-electron chi connectivity index (χ1n) is 7.15. The second-order valence-electron chi connectivity index (χ2n) is 5.35. The van der Waals surface area contributed by atoms with Gasteiger partial charge in [0.2, 0.25) is 0 Å². The molecule has 0 spiro atoms. The van der Waals surface area contributed by atoms with Gasteiger partial charge in [-0.3, -0.25) is 9.58 Å². The summed E-state index contributed by atoms with van der Waals surface area (Å²) in [6.45, 7) is 6.00. The zero-order chi connectivity index (χ0) is 13.9. The van der Waals surface area contributed by atoms with Crippen molar-refractivity contribution in [1.82, 2.24) is 14.7 Å². The fourth-order valence-electron chi connectivity index (χ4n) is 2.70. The Morgan fingerprint density at radius 2 is 1.80 bits per heavy atom. The minimum absolute atomic E-state index is 0.446. The van der Waals surface area contributed by atoms with Gasteiger partial charge in [-0.2, -0.15) is 5.10 Å². The van der Waals surface area contributed by atoms with Crippen LogP contribution in [-0.2, 0) is 11.8 Å². The Morgan fingerprint density at radius 3 is 2.40 bits per heavy atom. The summed E-state index contributed by atoms with van der Waals surface area (Å²) >= 11 is 0. The Kier molecular flexibility index (Phi) is 3.85. The number of hydrogen-bond donors (Lipinski definition) is 0. The normalized spacial score (nSPS) is 18.1. The number of aryl methyl sites for hydroxylation is 1. The molecule has 20 heavy (non-hydrogen) atoms. The maximum Gasteiger partial charge on any atom is 0.0594 e. The van der Waals surface area contributed by atoms with Gasteiger partial charge in [-0.1, -0.05) is 24.3 Å². The summed E-state index contributed by atoms with van der Waals surface area (Å²) in [7, 11) is 1.94. The number of rotatable bonds is 3. The van der Waals surface area contributed by atoms with Gasteiger partial charge in [0.1, 0.15) is 0 Å². The van der Waals surface area contributed by atoms with Crippen molar-refractivity contribution in [3.05, 3.63) is 42.2 Å². The Labute approximate surface area is 120 Å². The molecule has 1 saturated heterocycles. The van der Waals surface area contributed by atoms with Gasteiger partial charge in [0.05, 0.1) is 19.4 Å². The summed E-state index contributed by atoms with van der Waals surface area (Å²) in [5.74, 6) is 0. The lowest BCUT2D eigenvalue weighted by molar-refractivity contribution is 0.0198. The molecule has 4 nitrogen and oxygen atoms in total. The number of hydrogen-bond acceptors (Lipinski definition) is 3. The van der Waals surface area contributed by atoms with E-state index in [4.69, 9.17) is 4.74 Å². The molecule has 1 atom stereocenters. The van der Waals surface area contributed by atoms with Gasteiger partial charge in [0, 0.05) is 37.9 Å². The van der Waals surface area contributed by atoms with E-state index >= 15 is 0 Å². The Balaban J connectivity index is 1.75. The molecule has 0 amide bonds. The summed E-state index contributed by atoms with van der Waals surface area (Å²) in [6.07, 6.45) is 3.95. The summed E-state index contributed by atoms with van der Waals surface area (Å²) in [6, 6.07) is 9.26. The lowest BCUT2D eigenvalue weighted by Gasteiger charge is -2.32. The number of morpholine rings is 1. The van der Waals surface area contributed by atoms with Gasteiger partial charge in [0.15, 0.2) is 0 Å². The highest BCUT2D eigenvalue weighted by Gasteiger charge is 2.18. The molecule has 0 aliphatic carbocycles. The molecule has 2 aromatic rings. The van der Waals surface area contributed by atoms with Crippen molar-refractivity contribution in [1.29, 1.82) is 0 Å². The van der Waals surface area contributed by atoms with E-state index in [1.807, 2.05) is 24.1 Å². The number of nitrogens with zero attached hydrogens (tertiary/aromatic N) is 3. The van der Waals surface area contributed by atoms with Crippen LogP contribution >= 0.6 is 0 Å². The van der Waals surface area contributed by atoms with Gasteiger partial charge < -0.3 is 4.74 Å². The van der Waals surface area contributed by atoms with Gasteiger partial charge in [-0.15, -0.1) is 0 Å². The second kappa shape index (κ2) is 5.77. The molecule has 0 saturated carbocycles. The Hall–Kier alpha value is -1.65. The molecule has 1 aromatic heterocycles. The zero-order valence-corrected chi connectivity index (χ0v) is 12.1. The fraction of sp³-hybridized carbons (Fsp3) is 0.438. The van der Waals surface area contributed by atoms with Crippen LogP contribution in [0.3, 0.4) is 0 Å². The van der Waals surface area contributed by atoms with Crippen LogP contribution in [0.5, 0.6) is 0 Å². The highest BCUT2D eigenvalue weighted by Crippen LogP contribution is 2.25. The van der Waals surface area contributed by atoms with Crippen molar-refractivity contribution in [2.24, 2.45) is 7.05 Å². The Morgan fingerprint density at radius 1 is 1.10 bits per heavy atom. The van der Waals surface area contributed by atoms with Gasteiger partial charge in [0.25, 0.3) is 0 Å². The third kappa shape index (κ3) is 2.76. The fourth-order valence-corrected chi connectivity index (χ4v) is 2.70. The van der Waals surface area contributed by atoms with E-state index in [2.05, 4.69) is 41.2 Å². The molecular weight excluding hydrogens is 250 g/mol. The van der Waals surface area contributed by atoms with E-state index in [1.165, 1.54) is 11.1 Å². The smallest absolute Gasteiger partial charge is 0.0594 e. The van der Waals surface area contributed by atoms with E-state index in [1.54, 1.807) is 0 Å². The molecular formula is C16H21N3O. The highest BCUT2D eigenvalue weighted by molar-refractivity contribution is 5.62. The average molecular weight is 271 g/mol. The van der Waals surface area contributed by atoms with E-state index < -0.39 is 0 Å². The molecule has 0 N–H and O–H groups in total. The quantitative estimate of drug-likeness (QED) is 0.859. The van der Waals surface area contributed by atoms with Crippen LogP contribution in [-0.4, -0.2) is 41.0 Å². The molecule has 106 valence electrons. The van der Waals surface area contributed by atoms with Gasteiger partial charge >= 0.3 is 0 Å². The summed E-state index contributed by atoms with van der Waals surface area (Å²) in [4.78, 5) is 2.47. The van der Waals surface area contributed by atoms with Crippen LogP contribution < -0.4 is 0 Å². The van der Waals surface area contributed by atoms with E-state index in [0.717, 1.165) is 31.9 Å². The summed E-state index contributed by atoms with van der Waals surface area (Å²) in [5.41, 5.74) is 3.74. The topological polar surface area (TPSA) is 30.3 Å². The van der Waals surface area contributed by atoms with Crippen molar-refractivity contribution >= 4 is 0 Å². The minimum Gasteiger partial charge on any atom is -0.379 e. The van der Waals surface area contributed by atoms with Crippen molar-refractivity contribution in [3.8, 4) is 11.1 Å². The van der Waals surface area contributed by atoms with Crippen LogP contribution in [0.2, 0.25) is 0 Å². The molecule has 0 unspecified atom stereocenters. The van der Waals surface area contributed by atoms with Crippen LogP contribution in [0.25, 0.3) is 11.1 Å². The monoisotopic (exact) mass is 271 g/mol. The van der Waals surface area contributed by atoms with E-state index in [9.17, 15) is 0 Å². The van der Waals surface area contributed by atoms with E-state index in [0.29, 0.717) is 6.04 Å². The third-order valence-electron chi connectivity index (χ3n) is 4.02. The molecule has 1 aliphatic heterocycles. The molecule has 1 aliphatic rings. The minimum atomic E-state index is 0.446. The molecule has 1 aromatic carbocycles. The Bertz CT molecular complexity index is 555. The van der Waals surface area contributed by atoms with Crippen LogP contribution in [0.15, 0.2) is 36.7 Å². The first-order chi connectivity index (χ1) is 9.74. The third-order valence-corrected chi connectivity index (χ3v) is 4.02. The zero-order valence-electron chi connectivity index (χ0n) is 12.1. The predicted octanol–water partition coefficient (Wildman–Crippen LogP) is 2.48. The lowest BCUT2D eigenvalue weighted by Crippen LogP contribution is -2.37. The largest absolute Gasteiger partial charge is 0.379 e. The molecule has 2 heterocycles. The van der Waals surface area contributed by atoms with Crippen LogP contribution in [0.4, 0.5) is 0 Å². The standard InChI is InChI=1S/C16H21N3O/c1-13(19-7-9-20-10-8-19)14-3-5-15(6-4-14)16-11-17-18(2)12-16/h3-6,11-13H,7-10H2,1-2H3/t13-/m1/s1. The second-order valence-corrected chi connectivity index (χ2v) is 5.35. The van der Waals surface area contributed by atoms with Gasteiger partial charge in [-0.05, 0) is 18.1 Å².